The van der Waals surface area contributed by atoms with E-state index in [1.165, 1.54) is 18.2 Å². The van der Waals surface area contributed by atoms with E-state index in [9.17, 15) is 19.5 Å². The first kappa shape index (κ1) is 13.3. The van der Waals surface area contributed by atoms with Gasteiger partial charge in [-0.25, -0.2) is 4.90 Å². The molecular weight excluding hydrogens is 294 g/mol. The molecule has 2 amide bonds. The second-order valence-corrected chi connectivity index (χ2v) is 4.85. The lowest BCUT2D eigenvalue weighted by atomic mass is 10.1. The second-order valence-electron chi connectivity index (χ2n) is 4.44. The van der Waals surface area contributed by atoms with E-state index in [1.807, 2.05) is 0 Å². The molecule has 0 atom stereocenters. The fourth-order valence-corrected chi connectivity index (χ4v) is 2.48. The van der Waals surface area contributed by atoms with Crippen LogP contribution in [0.2, 0.25) is 5.02 Å². The predicted octanol–water partition coefficient (Wildman–Crippen LogP) is 1.50. The molecule has 0 spiro atoms. The molecule has 0 aliphatic carbocycles. The number of anilines is 1. The Balaban J connectivity index is 2.07. The number of imide groups is 1. The number of halogens is 1. The molecule has 1 heterocycles. The lowest BCUT2D eigenvalue weighted by molar-refractivity contribution is -0.255. The molecule has 6 heteroatoms. The van der Waals surface area contributed by atoms with Gasteiger partial charge in [0.2, 0.25) is 0 Å². The molecule has 0 saturated heterocycles. The average molecular weight is 301 g/mol. The number of aromatic carboxylic acids is 1. The zero-order valence-electron chi connectivity index (χ0n) is 10.5. The SMILES string of the molecule is O=C([O-])c1ccc(N2C(=O)c3ccccc3C2=O)cc1Cl. The molecule has 104 valence electrons. The Kier molecular flexibility index (Phi) is 2.99. The molecule has 0 bridgehead atoms. The Morgan fingerprint density at radius 3 is 2.05 bits per heavy atom. The van der Waals surface area contributed by atoms with E-state index in [-0.39, 0.29) is 16.3 Å². The van der Waals surface area contributed by atoms with Gasteiger partial charge in [-0.05, 0) is 30.3 Å². The predicted molar refractivity (Wildman–Crippen MR) is 73.4 cm³/mol. The van der Waals surface area contributed by atoms with E-state index in [0.717, 1.165) is 4.90 Å². The summed E-state index contributed by atoms with van der Waals surface area (Å²) in [6, 6.07) is 10.3. The smallest absolute Gasteiger partial charge is 0.266 e. The molecule has 0 fully saturated rings. The first-order valence-electron chi connectivity index (χ1n) is 5.99. The summed E-state index contributed by atoms with van der Waals surface area (Å²) in [5, 5.41) is 10.7. The second kappa shape index (κ2) is 4.71. The fraction of sp³-hybridized carbons (Fsp3) is 0. The van der Waals surface area contributed by atoms with Crippen LogP contribution in [0.4, 0.5) is 5.69 Å². The molecule has 0 unspecified atom stereocenters. The number of hydrogen-bond donors (Lipinski definition) is 0. The first-order valence-corrected chi connectivity index (χ1v) is 6.37. The normalized spacial score (nSPS) is 13.5. The van der Waals surface area contributed by atoms with Crippen LogP contribution in [-0.4, -0.2) is 17.8 Å². The van der Waals surface area contributed by atoms with Crippen molar-refractivity contribution in [2.24, 2.45) is 0 Å². The summed E-state index contributed by atoms with van der Waals surface area (Å²) in [5.74, 6) is -2.35. The number of carboxylic acid groups (broad SMARTS) is 1. The number of carbonyl (C=O) groups excluding carboxylic acids is 3. The number of hydrogen-bond acceptors (Lipinski definition) is 4. The van der Waals surface area contributed by atoms with E-state index in [2.05, 4.69) is 0 Å². The molecule has 1 aliphatic heterocycles. The lowest BCUT2D eigenvalue weighted by Crippen LogP contribution is -2.29. The standard InChI is InChI=1S/C15H8ClNO4/c16-12-7-8(5-6-11(12)15(20)21)17-13(18)9-3-1-2-4-10(9)14(17)19/h1-7H,(H,20,21)/p-1. The lowest BCUT2D eigenvalue weighted by Gasteiger charge is -2.15. The number of amides is 2. The van der Waals surface area contributed by atoms with E-state index in [0.29, 0.717) is 11.1 Å². The summed E-state index contributed by atoms with van der Waals surface area (Å²) in [4.78, 5) is 36.3. The van der Waals surface area contributed by atoms with Gasteiger partial charge < -0.3 is 9.90 Å². The van der Waals surface area contributed by atoms with Crippen LogP contribution in [0.1, 0.15) is 31.1 Å². The molecule has 5 nitrogen and oxygen atoms in total. The van der Waals surface area contributed by atoms with Crippen LogP contribution in [0.5, 0.6) is 0 Å². The summed E-state index contributed by atoms with van der Waals surface area (Å²) in [6.07, 6.45) is 0. The van der Waals surface area contributed by atoms with Crippen molar-refractivity contribution in [1.82, 2.24) is 0 Å². The molecule has 0 saturated carbocycles. The largest absolute Gasteiger partial charge is 0.545 e. The number of rotatable bonds is 2. The molecule has 21 heavy (non-hydrogen) atoms. The highest BCUT2D eigenvalue weighted by atomic mass is 35.5. The van der Waals surface area contributed by atoms with Crippen LogP contribution in [0, 0.1) is 0 Å². The van der Waals surface area contributed by atoms with Crippen molar-refractivity contribution in [3.63, 3.8) is 0 Å². The summed E-state index contributed by atoms with van der Waals surface area (Å²) in [6.45, 7) is 0. The van der Waals surface area contributed by atoms with Crippen LogP contribution in [0.3, 0.4) is 0 Å². The zero-order chi connectivity index (χ0) is 15.1. The van der Waals surface area contributed by atoms with Gasteiger partial charge in [0.15, 0.2) is 0 Å². The van der Waals surface area contributed by atoms with Crippen LogP contribution < -0.4 is 10.0 Å². The summed E-state index contributed by atoms with van der Waals surface area (Å²) in [5.41, 5.74) is 0.637. The Morgan fingerprint density at radius 2 is 1.57 bits per heavy atom. The highest BCUT2D eigenvalue weighted by molar-refractivity contribution is 6.36. The number of benzene rings is 2. The number of nitrogens with zero attached hydrogens (tertiary/aromatic N) is 1. The van der Waals surface area contributed by atoms with Gasteiger partial charge >= 0.3 is 0 Å². The summed E-state index contributed by atoms with van der Waals surface area (Å²) >= 11 is 5.84. The van der Waals surface area contributed by atoms with Crippen molar-refractivity contribution in [3.8, 4) is 0 Å². The monoisotopic (exact) mass is 300 g/mol. The van der Waals surface area contributed by atoms with Crippen LogP contribution in [-0.2, 0) is 0 Å². The Morgan fingerprint density at radius 1 is 1.00 bits per heavy atom. The highest BCUT2D eigenvalue weighted by Crippen LogP contribution is 2.30. The van der Waals surface area contributed by atoms with Gasteiger partial charge in [0, 0.05) is 5.56 Å². The van der Waals surface area contributed by atoms with Gasteiger partial charge in [0.1, 0.15) is 0 Å². The molecular formula is C15H7ClNO4-. The molecule has 2 aromatic carbocycles. The van der Waals surface area contributed by atoms with Crippen molar-refractivity contribution >= 4 is 35.1 Å². The molecule has 0 N–H and O–H groups in total. The summed E-state index contributed by atoms with van der Waals surface area (Å²) in [7, 11) is 0. The van der Waals surface area contributed by atoms with Crippen molar-refractivity contribution in [2.45, 2.75) is 0 Å². The maximum absolute atomic E-state index is 12.3. The minimum atomic E-state index is -1.42. The molecule has 0 aromatic heterocycles. The van der Waals surface area contributed by atoms with Gasteiger partial charge in [-0.3, -0.25) is 9.59 Å². The van der Waals surface area contributed by atoms with Gasteiger partial charge in [-0.1, -0.05) is 23.7 Å². The van der Waals surface area contributed by atoms with Crippen LogP contribution >= 0.6 is 11.6 Å². The summed E-state index contributed by atoms with van der Waals surface area (Å²) < 4.78 is 0. The quantitative estimate of drug-likeness (QED) is 0.788. The van der Waals surface area contributed by atoms with Gasteiger partial charge in [-0.2, -0.15) is 0 Å². The Hall–Kier alpha value is -2.66. The van der Waals surface area contributed by atoms with E-state index in [4.69, 9.17) is 11.6 Å². The van der Waals surface area contributed by atoms with E-state index >= 15 is 0 Å². The average Bonchev–Trinajstić information content (AvgIpc) is 2.71. The maximum atomic E-state index is 12.3. The van der Waals surface area contributed by atoms with Gasteiger partial charge in [-0.15, -0.1) is 0 Å². The van der Waals surface area contributed by atoms with Gasteiger partial charge in [0.05, 0.1) is 27.8 Å². The van der Waals surface area contributed by atoms with Crippen molar-refractivity contribution in [1.29, 1.82) is 0 Å². The Labute approximate surface area is 124 Å². The third kappa shape index (κ3) is 1.98. The van der Waals surface area contributed by atoms with Crippen molar-refractivity contribution in [3.05, 3.63) is 64.2 Å². The number of carboxylic acids is 1. The fourth-order valence-electron chi connectivity index (χ4n) is 2.23. The molecule has 3 rings (SSSR count). The van der Waals surface area contributed by atoms with Crippen LogP contribution in [0.15, 0.2) is 42.5 Å². The number of fused-ring (bicyclic) bond motifs is 1. The zero-order valence-corrected chi connectivity index (χ0v) is 11.3. The third-order valence-electron chi connectivity index (χ3n) is 3.22. The molecule has 1 aliphatic rings. The highest BCUT2D eigenvalue weighted by Gasteiger charge is 2.36. The van der Waals surface area contributed by atoms with Crippen LogP contribution in [0.25, 0.3) is 0 Å². The van der Waals surface area contributed by atoms with Gasteiger partial charge in [0.25, 0.3) is 11.8 Å². The maximum Gasteiger partial charge on any atom is 0.266 e. The van der Waals surface area contributed by atoms with Crippen molar-refractivity contribution in [2.75, 3.05) is 4.90 Å². The third-order valence-corrected chi connectivity index (χ3v) is 3.54. The van der Waals surface area contributed by atoms with E-state index in [1.54, 1.807) is 24.3 Å². The minimum absolute atomic E-state index is 0.0935. The van der Waals surface area contributed by atoms with E-state index < -0.39 is 17.8 Å². The number of carbonyl (C=O) groups is 3. The first-order chi connectivity index (χ1) is 10.0. The molecule has 0 radical (unpaired) electrons. The topological polar surface area (TPSA) is 77.5 Å². The molecule has 2 aromatic rings. The minimum Gasteiger partial charge on any atom is -0.545 e. The Bertz CT molecular complexity index is 765. The van der Waals surface area contributed by atoms with Crippen molar-refractivity contribution < 1.29 is 19.5 Å².